The quantitative estimate of drug-likeness (QED) is 0.906. The summed E-state index contributed by atoms with van der Waals surface area (Å²) in [5, 5.41) is 10.3. The van der Waals surface area contributed by atoms with E-state index >= 15 is 0 Å². The summed E-state index contributed by atoms with van der Waals surface area (Å²) in [5.41, 5.74) is 3.60. The van der Waals surface area contributed by atoms with Crippen LogP contribution in [0.3, 0.4) is 0 Å². The topological polar surface area (TPSA) is 32.7 Å². The van der Waals surface area contributed by atoms with E-state index in [2.05, 4.69) is 51.7 Å². The first-order valence-electron chi connectivity index (χ1n) is 8.46. The van der Waals surface area contributed by atoms with Crippen LogP contribution in [0.4, 0.5) is 0 Å². The summed E-state index contributed by atoms with van der Waals surface area (Å²) in [6.07, 6.45) is 0.864. The predicted molar refractivity (Wildman–Crippen MR) is 91.5 cm³/mol. The highest BCUT2D eigenvalue weighted by Gasteiger charge is 2.23. The first-order valence-corrected chi connectivity index (χ1v) is 8.46. The first kappa shape index (κ1) is 17.3. The monoisotopic (exact) mass is 305 g/mol. The lowest BCUT2D eigenvalue weighted by Crippen LogP contribution is -2.44. The fourth-order valence-electron chi connectivity index (χ4n) is 3.63. The fourth-order valence-corrected chi connectivity index (χ4v) is 3.63. The molecule has 1 aromatic carbocycles. The number of β-amino-alcohol motifs (C(OH)–C–C–N with tert-alkyl or cyclic N) is 1. The Labute approximate surface area is 135 Å². The molecular formula is C19H31NO2. The SMILES string of the molecule is Cc1cc(C)c(C)c(OC[C@H](O)CN2C[C@H](C)C[C@H](C)C2)c1. The van der Waals surface area contributed by atoms with Crippen LogP contribution in [0.2, 0.25) is 0 Å². The maximum absolute atomic E-state index is 10.3. The van der Waals surface area contributed by atoms with E-state index in [4.69, 9.17) is 4.74 Å². The van der Waals surface area contributed by atoms with Crippen molar-refractivity contribution in [1.82, 2.24) is 4.90 Å². The number of ether oxygens (including phenoxy) is 1. The van der Waals surface area contributed by atoms with Gasteiger partial charge in [0.1, 0.15) is 18.5 Å². The van der Waals surface area contributed by atoms with Crippen LogP contribution in [0.5, 0.6) is 5.75 Å². The normalized spacial score (nSPS) is 24.3. The molecule has 1 fully saturated rings. The number of piperidine rings is 1. The highest BCUT2D eigenvalue weighted by molar-refractivity contribution is 5.41. The molecule has 3 nitrogen and oxygen atoms in total. The molecule has 1 aromatic rings. The van der Waals surface area contributed by atoms with Crippen LogP contribution >= 0.6 is 0 Å². The fraction of sp³-hybridized carbons (Fsp3) is 0.684. The number of rotatable bonds is 5. The molecule has 1 aliphatic heterocycles. The second-order valence-corrected chi connectivity index (χ2v) is 7.33. The van der Waals surface area contributed by atoms with Gasteiger partial charge < -0.3 is 14.7 Å². The summed E-state index contributed by atoms with van der Waals surface area (Å²) < 4.78 is 5.88. The number of aliphatic hydroxyl groups is 1. The molecule has 3 heteroatoms. The van der Waals surface area contributed by atoms with Gasteiger partial charge in [0.2, 0.25) is 0 Å². The van der Waals surface area contributed by atoms with E-state index in [0.717, 1.165) is 36.2 Å². The van der Waals surface area contributed by atoms with Gasteiger partial charge in [-0.15, -0.1) is 0 Å². The Kier molecular flexibility index (Phi) is 5.87. The highest BCUT2D eigenvalue weighted by atomic mass is 16.5. The minimum atomic E-state index is -0.433. The van der Waals surface area contributed by atoms with Gasteiger partial charge in [0.15, 0.2) is 0 Å². The van der Waals surface area contributed by atoms with Crippen LogP contribution in [0, 0.1) is 32.6 Å². The van der Waals surface area contributed by atoms with Gasteiger partial charge in [0.25, 0.3) is 0 Å². The molecule has 2 rings (SSSR count). The zero-order valence-electron chi connectivity index (χ0n) is 14.7. The molecule has 0 aliphatic carbocycles. The van der Waals surface area contributed by atoms with Gasteiger partial charge in [-0.3, -0.25) is 0 Å². The Morgan fingerprint density at radius 1 is 1.18 bits per heavy atom. The zero-order valence-corrected chi connectivity index (χ0v) is 14.7. The average molecular weight is 305 g/mol. The first-order chi connectivity index (χ1) is 10.3. The van der Waals surface area contributed by atoms with E-state index in [1.54, 1.807) is 0 Å². The maximum Gasteiger partial charge on any atom is 0.122 e. The molecule has 0 saturated carbocycles. The molecule has 22 heavy (non-hydrogen) atoms. The maximum atomic E-state index is 10.3. The summed E-state index contributed by atoms with van der Waals surface area (Å²) in [5.74, 6) is 2.34. The number of nitrogens with zero attached hydrogens (tertiary/aromatic N) is 1. The summed E-state index contributed by atoms with van der Waals surface area (Å²) in [4.78, 5) is 2.38. The predicted octanol–water partition coefficient (Wildman–Crippen LogP) is 3.33. The zero-order chi connectivity index (χ0) is 16.3. The Balaban J connectivity index is 1.86. The van der Waals surface area contributed by atoms with Crippen molar-refractivity contribution in [3.05, 3.63) is 28.8 Å². The molecular weight excluding hydrogens is 274 g/mol. The van der Waals surface area contributed by atoms with Gasteiger partial charge >= 0.3 is 0 Å². The molecule has 0 bridgehead atoms. The number of aryl methyl sites for hydroxylation is 2. The highest BCUT2D eigenvalue weighted by Crippen LogP contribution is 2.24. The molecule has 0 unspecified atom stereocenters. The van der Waals surface area contributed by atoms with Gasteiger partial charge in [-0.1, -0.05) is 19.9 Å². The molecule has 1 aliphatic rings. The number of likely N-dealkylation sites (tertiary alicyclic amines) is 1. The van der Waals surface area contributed by atoms with E-state index in [1.807, 2.05) is 0 Å². The second kappa shape index (κ2) is 7.47. The van der Waals surface area contributed by atoms with Crippen molar-refractivity contribution in [2.75, 3.05) is 26.2 Å². The van der Waals surface area contributed by atoms with Crippen LogP contribution in [0.1, 0.15) is 37.0 Å². The minimum Gasteiger partial charge on any atom is -0.491 e. The van der Waals surface area contributed by atoms with Crippen molar-refractivity contribution in [3.8, 4) is 5.75 Å². The van der Waals surface area contributed by atoms with Gasteiger partial charge in [-0.05, 0) is 61.8 Å². The van der Waals surface area contributed by atoms with E-state index in [9.17, 15) is 5.11 Å². The number of hydrogen-bond donors (Lipinski definition) is 1. The standard InChI is InChI=1S/C19H31NO2/c1-13-7-16(4)17(5)19(8-13)22-12-18(21)11-20-9-14(2)6-15(3)10-20/h7-8,14-15,18,21H,6,9-12H2,1-5H3/t14-,15+,18-/m1/s1. The Bertz CT molecular complexity index is 490. The lowest BCUT2D eigenvalue weighted by atomic mass is 9.92. The van der Waals surface area contributed by atoms with Gasteiger partial charge in [-0.2, -0.15) is 0 Å². The van der Waals surface area contributed by atoms with E-state index < -0.39 is 6.10 Å². The van der Waals surface area contributed by atoms with Gasteiger partial charge in [0, 0.05) is 19.6 Å². The molecule has 0 aromatic heterocycles. The van der Waals surface area contributed by atoms with Crippen molar-refractivity contribution >= 4 is 0 Å². The van der Waals surface area contributed by atoms with Crippen molar-refractivity contribution < 1.29 is 9.84 Å². The molecule has 124 valence electrons. The molecule has 1 saturated heterocycles. The van der Waals surface area contributed by atoms with Gasteiger partial charge in [-0.25, -0.2) is 0 Å². The Morgan fingerprint density at radius 2 is 1.82 bits per heavy atom. The van der Waals surface area contributed by atoms with Crippen LogP contribution in [-0.2, 0) is 0 Å². The van der Waals surface area contributed by atoms with Crippen molar-refractivity contribution in [1.29, 1.82) is 0 Å². The summed E-state index contributed by atoms with van der Waals surface area (Å²) in [6.45, 7) is 14.1. The summed E-state index contributed by atoms with van der Waals surface area (Å²) in [7, 11) is 0. The van der Waals surface area contributed by atoms with Crippen LogP contribution in [0.15, 0.2) is 12.1 Å². The summed E-state index contributed by atoms with van der Waals surface area (Å²) in [6, 6.07) is 4.22. The molecule has 0 amide bonds. The third-order valence-corrected chi connectivity index (χ3v) is 4.61. The third-order valence-electron chi connectivity index (χ3n) is 4.61. The molecule has 1 N–H and O–H groups in total. The number of benzene rings is 1. The molecule has 0 radical (unpaired) electrons. The van der Waals surface area contributed by atoms with Crippen LogP contribution in [-0.4, -0.2) is 42.4 Å². The lowest BCUT2D eigenvalue weighted by molar-refractivity contribution is 0.0427. The molecule has 3 atom stereocenters. The van der Waals surface area contributed by atoms with Gasteiger partial charge in [0.05, 0.1) is 0 Å². The van der Waals surface area contributed by atoms with Crippen LogP contribution < -0.4 is 4.74 Å². The molecule has 1 heterocycles. The third kappa shape index (κ3) is 4.72. The lowest BCUT2D eigenvalue weighted by Gasteiger charge is -2.36. The molecule has 0 spiro atoms. The van der Waals surface area contributed by atoms with Crippen molar-refractivity contribution in [3.63, 3.8) is 0 Å². The minimum absolute atomic E-state index is 0.364. The Morgan fingerprint density at radius 3 is 2.45 bits per heavy atom. The second-order valence-electron chi connectivity index (χ2n) is 7.33. The van der Waals surface area contributed by atoms with Crippen molar-refractivity contribution in [2.24, 2.45) is 11.8 Å². The summed E-state index contributed by atoms with van der Waals surface area (Å²) >= 11 is 0. The number of hydrogen-bond acceptors (Lipinski definition) is 3. The number of aliphatic hydroxyl groups excluding tert-OH is 1. The Hall–Kier alpha value is -1.06. The van der Waals surface area contributed by atoms with E-state index in [1.165, 1.54) is 17.5 Å². The van der Waals surface area contributed by atoms with Crippen molar-refractivity contribution in [2.45, 2.75) is 47.1 Å². The average Bonchev–Trinajstić information content (AvgIpc) is 2.40. The van der Waals surface area contributed by atoms with E-state index in [0.29, 0.717) is 13.2 Å². The smallest absolute Gasteiger partial charge is 0.122 e. The van der Waals surface area contributed by atoms with Crippen LogP contribution in [0.25, 0.3) is 0 Å². The van der Waals surface area contributed by atoms with E-state index in [-0.39, 0.29) is 0 Å². The largest absolute Gasteiger partial charge is 0.491 e.